The molecule has 1 N–H and O–H groups in total. The van der Waals surface area contributed by atoms with Crippen molar-refractivity contribution >= 4 is 22.1 Å². The molecule has 0 aromatic heterocycles. The Morgan fingerprint density at radius 3 is 1.45 bits per heavy atom. The Morgan fingerprint density at radius 1 is 0.614 bits per heavy atom. The van der Waals surface area contributed by atoms with Gasteiger partial charge >= 0.3 is 11.9 Å². The number of ether oxygens (including phenoxy) is 2. The SMILES string of the molecule is CCCCCCCCCCC/C=C/COC(=O)c1cccc(S(=O)(=O)O)c1C(=O)OC/C=C/CCCCCCCCCCC. The van der Waals surface area contributed by atoms with Gasteiger partial charge in [-0.3, -0.25) is 4.55 Å². The number of rotatable bonds is 27. The molecule has 0 bridgehead atoms. The van der Waals surface area contributed by atoms with Gasteiger partial charge in [-0.05, 0) is 37.8 Å². The summed E-state index contributed by atoms with van der Waals surface area (Å²) in [6, 6.07) is 3.63. The zero-order valence-electron chi connectivity index (χ0n) is 27.4. The molecule has 0 atom stereocenters. The van der Waals surface area contributed by atoms with Crippen LogP contribution in [-0.2, 0) is 19.6 Å². The van der Waals surface area contributed by atoms with Gasteiger partial charge in [0.25, 0.3) is 10.1 Å². The van der Waals surface area contributed by atoms with Crippen LogP contribution >= 0.6 is 0 Å². The van der Waals surface area contributed by atoms with Gasteiger partial charge in [-0.1, -0.05) is 147 Å². The van der Waals surface area contributed by atoms with Gasteiger partial charge < -0.3 is 9.47 Å². The maximum Gasteiger partial charge on any atom is 0.340 e. The Labute approximate surface area is 267 Å². The van der Waals surface area contributed by atoms with E-state index in [0.717, 1.165) is 38.2 Å². The minimum absolute atomic E-state index is 0.0115. The summed E-state index contributed by atoms with van der Waals surface area (Å²) in [5.41, 5.74) is -0.790. The fourth-order valence-electron chi connectivity index (χ4n) is 5.04. The molecule has 0 heterocycles. The van der Waals surface area contributed by atoms with Crippen LogP contribution in [0.25, 0.3) is 0 Å². The Morgan fingerprint density at radius 2 is 1.02 bits per heavy atom. The zero-order chi connectivity index (χ0) is 32.3. The summed E-state index contributed by atoms with van der Waals surface area (Å²) in [7, 11) is -4.78. The molecule has 0 aliphatic carbocycles. The van der Waals surface area contributed by atoms with Crippen molar-refractivity contribution in [3.05, 3.63) is 53.6 Å². The van der Waals surface area contributed by atoms with Gasteiger partial charge in [-0.15, -0.1) is 0 Å². The number of allylic oxidation sites excluding steroid dienone is 2. The monoisotopic (exact) mass is 634 g/mol. The zero-order valence-corrected chi connectivity index (χ0v) is 28.2. The minimum Gasteiger partial charge on any atom is -0.458 e. The smallest absolute Gasteiger partial charge is 0.340 e. The highest BCUT2D eigenvalue weighted by atomic mass is 32.2. The van der Waals surface area contributed by atoms with Crippen molar-refractivity contribution in [1.29, 1.82) is 0 Å². The molecule has 1 rings (SSSR count). The molecule has 44 heavy (non-hydrogen) atoms. The first-order valence-electron chi connectivity index (χ1n) is 17.1. The van der Waals surface area contributed by atoms with E-state index in [1.165, 1.54) is 108 Å². The molecule has 250 valence electrons. The summed E-state index contributed by atoms with van der Waals surface area (Å²) >= 11 is 0. The number of hydrogen-bond donors (Lipinski definition) is 1. The van der Waals surface area contributed by atoms with Gasteiger partial charge in [-0.2, -0.15) is 8.42 Å². The van der Waals surface area contributed by atoms with E-state index in [-0.39, 0.29) is 18.8 Å². The lowest BCUT2D eigenvalue weighted by atomic mass is 10.1. The second-order valence-corrected chi connectivity index (χ2v) is 12.9. The molecule has 8 heteroatoms. The van der Waals surface area contributed by atoms with Crippen LogP contribution < -0.4 is 0 Å². The molecule has 0 saturated heterocycles. The first-order chi connectivity index (χ1) is 21.3. The third-order valence-corrected chi connectivity index (χ3v) is 8.53. The normalized spacial score (nSPS) is 11.9. The summed E-state index contributed by atoms with van der Waals surface area (Å²) < 4.78 is 44.2. The maximum absolute atomic E-state index is 12.9. The highest BCUT2D eigenvalue weighted by Crippen LogP contribution is 2.22. The lowest BCUT2D eigenvalue weighted by Gasteiger charge is -2.11. The van der Waals surface area contributed by atoms with Crippen LogP contribution in [0.15, 0.2) is 47.4 Å². The van der Waals surface area contributed by atoms with E-state index >= 15 is 0 Å². The topological polar surface area (TPSA) is 107 Å². The van der Waals surface area contributed by atoms with E-state index in [4.69, 9.17) is 9.47 Å². The molecule has 0 saturated carbocycles. The van der Waals surface area contributed by atoms with Crippen LogP contribution in [0, 0.1) is 0 Å². The predicted octanol–water partition coefficient (Wildman–Crippen LogP) is 10.2. The standard InChI is InChI=1S/C36H58O7S/c1-3-5-7-9-11-13-15-17-19-21-23-25-30-42-35(37)32-28-27-29-33(44(39,40)41)34(32)36(38)43-31-26-24-22-20-18-16-14-12-10-8-6-4-2/h23-29H,3-22,30-31H2,1-2H3,(H,39,40,41)/b25-23+,26-24+. The van der Waals surface area contributed by atoms with E-state index in [0.29, 0.717) is 0 Å². The molecule has 0 aliphatic heterocycles. The summed E-state index contributed by atoms with van der Waals surface area (Å²) in [4.78, 5) is 25.0. The van der Waals surface area contributed by atoms with Gasteiger partial charge in [0.1, 0.15) is 18.1 Å². The molecule has 0 aliphatic rings. The maximum atomic E-state index is 12.9. The third-order valence-electron chi connectivity index (χ3n) is 7.63. The van der Waals surface area contributed by atoms with Crippen molar-refractivity contribution in [3.8, 4) is 0 Å². The van der Waals surface area contributed by atoms with E-state index < -0.39 is 32.5 Å². The molecular weight excluding hydrogens is 576 g/mol. The quantitative estimate of drug-likeness (QED) is 0.0444. The summed E-state index contributed by atoms with van der Waals surface area (Å²) in [6.07, 6.45) is 31.6. The fourth-order valence-corrected chi connectivity index (χ4v) is 5.74. The fraction of sp³-hybridized carbons (Fsp3) is 0.667. The largest absolute Gasteiger partial charge is 0.458 e. The molecular formula is C36H58O7S. The number of carbonyl (C=O) groups is 2. The summed E-state index contributed by atoms with van der Waals surface area (Å²) in [6.45, 7) is 4.36. The van der Waals surface area contributed by atoms with E-state index in [9.17, 15) is 22.6 Å². The summed E-state index contributed by atoms with van der Waals surface area (Å²) in [5, 5.41) is 0. The predicted molar refractivity (Wildman–Crippen MR) is 179 cm³/mol. The molecule has 1 aromatic carbocycles. The molecule has 1 aromatic rings. The lowest BCUT2D eigenvalue weighted by Crippen LogP contribution is -2.18. The molecule has 0 radical (unpaired) electrons. The van der Waals surface area contributed by atoms with Crippen molar-refractivity contribution < 1.29 is 32.0 Å². The van der Waals surface area contributed by atoms with Gasteiger partial charge in [0.05, 0.1) is 11.1 Å². The van der Waals surface area contributed by atoms with Crippen molar-refractivity contribution in [2.75, 3.05) is 13.2 Å². The van der Waals surface area contributed by atoms with Gasteiger partial charge in [0.2, 0.25) is 0 Å². The van der Waals surface area contributed by atoms with Crippen LogP contribution in [0.3, 0.4) is 0 Å². The minimum atomic E-state index is -4.78. The van der Waals surface area contributed by atoms with Crippen LogP contribution in [0.1, 0.15) is 163 Å². The third kappa shape index (κ3) is 19.0. The van der Waals surface area contributed by atoms with E-state index in [1.54, 1.807) is 12.2 Å². The van der Waals surface area contributed by atoms with Crippen molar-refractivity contribution in [3.63, 3.8) is 0 Å². The Hall–Kier alpha value is -2.45. The van der Waals surface area contributed by atoms with Gasteiger partial charge in [0, 0.05) is 0 Å². The Kier molecular flexibility index (Phi) is 23.2. The first-order valence-corrected chi connectivity index (χ1v) is 18.5. The van der Waals surface area contributed by atoms with Crippen LogP contribution in [0.5, 0.6) is 0 Å². The second-order valence-electron chi connectivity index (χ2n) is 11.5. The highest BCUT2D eigenvalue weighted by molar-refractivity contribution is 7.86. The number of hydrogen-bond acceptors (Lipinski definition) is 6. The highest BCUT2D eigenvalue weighted by Gasteiger charge is 2.28. The average molecular weight is 635 g/mol. The van der Waals surface area contributed by atoms with E-state index in [1.807, 2.05) is 12.2 Å². The number of benzene rings is 1. The van der Waals surface area contributed by atoms with E-state index in [2.05, 4.69) is 13.8 Å². The van der Waals surface area contributed by atoms with Crippen molar-refractivity contribution in [1.82, 2.24) is 0 Å². The van der Waals surface area contributed by atoms with Crippen LogP contribution in [0.4, 0.5) is 0 Å². The van der Waals surface area contributed by atoms with Gasteiger partial charge in [0.15, 0.2) is 0 Å². The van der Waals surface area contributed by atoms with Crippen LogP contribution in [-0.4, -0.2) is 38.1 Å². The van der Waals surface area contributed by atoms with Crippen LogP contribution in [0.2, 0.25) is 0 Å². The van der Waals surface area contributed by atoms with Crippen molar-refractivity contribution in [2.45, 2.75) is 147 Å². The Balaban J connectivity index is 2.48. The number of unbranched alkanes of at least 4 members (excludes halogenated alkanes) is 18. The molecule has 0 unspecified atom stereocenters. The molecule has 7 nitrogen and oxygen atoms in total. The molecule has 0 spiro atoms. The number of esters is 2. The average Bonchev–Trinajstić information content (AvgIpc) is 3.00. The second kappa shape index (κ2) is 25.8. The lowest BCUT2D eigenvalue weighted by molar-refractivity contribution is 0.0499. The summed E-state index contributed by atoms with van der Waals surface area (Å²) in [5.74, 6) is -1.88. The van der Waals surface area contributed by atoms with Crippen molar-refractivity contribution in [2.24, 2.45) is 0 Å². The molecule has 0 fully saturated rings. The first kappa shape index (κ1) is 39.6. The van der Waals surface area contributed by atoms with Gasteiger partial charge in [-0.25, -0.2) is 9.59 Å². The number of carbonyl (C=O) groups excluding carboxylic acids is 2. The molecule has 0 amide bonds. The Bertz CT molecular complexity index is 1080.